The Bertz CT molecular complexity index is 1000. The second-order valence-electron chi connectivity index (χ2n) is 6.30. The Kier molecular flexibility index (Phi) is 5.37. The van der Waals surface area contributed by atoms with Crippen molar-refractivity contribution in [3.05, 3.63) is 63.1 Å². The number of hydrogen-bond donors (Lipinski definition) is 0. The van der Waals surface area contributed by atoms with Crippen LogP contribution in [0.5, 0.6) is 0 Å². The second-order valence-corrected chi connectivity index (χ2v) is 6.30. The molecule has 0 saturated heterocycles. The van der Waals surface area contributed by atoms with E-state index in [-0.39, 0.29) is 18.4 Å². The van der Waals surface area contributed by atoms with E-state index in [9.17, 15) is 9.59 Å². The number of ether oxygens (including phenoxy) is 1. The van der Waals surface area contributed by atoms with Crippen molar-refractivity contribution in [2.75, 3.05) is 0 Å². The van der Waals surface area contributed by atoms with E-state index in [2.05, 4.69) is 4.98 Å². The Morgan fingerprint density at radius 3 is 2.50 bits per heavy atom. The van der Waals surface area contributed by atoms with Gasteiger partial charge in [-0.05, 0) is 25.8 Å². The molecular weight excluding hydrogens is 332 g/mol. The quantitative estimate of drug-likeness (QED) is 0.651. The van der Waals surface area contributed by atoms with Crippen molar-refractivity contribution >= 4 is 11.2 Å². The first-order valence-electron chi connectivity index (χ1n) is 8.90. The lowest BCUT2D eigenvalue weighted by molar-refractivity contribution is 0.0117. The number of nitrogens with zero attached hydrogens (tertiary/aromatic N) is 4. The average Bonchev–Trinajstić information content (AvgIpc) is 3.06. The summed E-state index contributed by atoms with van der Waals surface area (Å²) in [5.41, 5.74) is 1.13. The van der Waals surface area contributed by atoms with Gasteiger partial charge in [0.1, 0.15) is 6.73 Å². The summed E-state index contributed by atoms with van der Waals surface area (Å²) in [7, 11) is 0. The van der Waals surface area contributed by atoms with Gasteiger partial charge in [-0.1, -0.05) is 37.3 Å². The van der Waals surface area contributed by atoms with Gasteiger partial charge in [-0.25, -0.2) is 14.3 Å². The maximum absolute atomic E-state index is 13.0. The molecule has 0 aliphatic carbocycles. The van der Waals surface area contributed by atoms with Gasteiger partial charge in [-0.15, -0.1) is 0 Å². The molecule has 1 unspecified atom stereocenters. The van der Waals surface area contributed by atoms with Crippen LogP contribution in [0.4, 0.5) is 0 Å². The van der Waals surface area contributed by atoms with E-state index in [1.165, 1.54) is 4.57 Å². The van der Waals surface area contributed by atoms with E-state index >= 15 is 0 Å². The normalized spacial score (nSPS) is 12.6. The number of aromatic nitrogens is 4. The molecule has 7 nitrogen and oxygen atoms in total. The number of rotatable bonds is 7. The predicted octanol–water partition coefficient (Wildman–Crippen LogP) is 2.20. The van der Waals surface area contributed by atoms with Crippen LogP contribution in [-0.4, -0.2) is 24.8 Å². The molecule has 0 radical (unpaired) electrons. The Labute approximate surface area is 151 Å². The molecular formula is C19H24N4O3. The third-order valence-corrected chi connectivity index (χ3v) is 4.56. The summed E-state index contributed by atoms with van der Waals surface area (Å²) in [6, 6.07) is 9.84. The molecule has 0 saturated carbocycles. The largest absolute Gasteiger partial charge is 0.358 e. The predicted molar refractivity (Wildman–Crippen MR) is 100 cm³/mol. The Balaban J connectivity index is 2.12. The summed E-state index contributed by atoms with van der Waals surface area (Å²) in [5.74, 6) is 0. The molecule has 3 aromatic rings. The van der Waals surface area contributed by atoms with Gasteiger partial charge in [-0.2, -0.15) is 0 Å². The second kappa shape index (κ2) is 7.70. The molecule has 2 heterocycles. The van der Waals surface area contributed by atoms with Crippen LogP contribution < -0.4 is 11.2 Å². The Morgan fingerprint density at radius 2 is 1.85 bits per heavy atom. The molecule has 3 rings (SSSR count). The fourth-order valence-electron chi connectivity index (χ4n) is 2.86. The molecule has 7 heteroatoms. The number of hydrogen-bond acceptors (Lipinski definition) is 4. The van der Waals surface area contributed by atoms with Crippen molar-refractivity contribution in [3.63, 3.8) is 0 Å². The number of imidazole rings is 1. The van der Waals surface area contributed by atoms with Gasteiger partial charge in [0.25, 0.3) is 5.56 Å². The highest BCUT2D eigenvalue weighted by Gasteiger charge is 2.18. The van der Waals surface area contributed by atoms with Gasteiger partial charge >= 0.3 is 5.69 Å². The van der Waals surface area contributed by atoms with E-state index in [1.807, 2.05) is 51.1 Å². The standard InChI is InChI=1S/C19H24N4O3/c1-4-14(3)26-13-23-18(24)16-17(22(5-2)19(23)25)20-12-21(16)11-15-9-7-6-8-10-15/h6-10,12,14H,4-5,11,13H2,1-3H3. The van der Waals surface area contributed by atoms with Crippen molar-refractivity contribution in [1.29, 1.82) is 0 Å². The molecule has 0 aliphatic rings. The lowest BCUT2D eigenvalue weighted by atomic mass is 10.2. The zero-order chi connectivity index (χ0) is 18.7. The first kappa shape index (κ1) is 18.1. The van der Waals surface area contributed by atoms with Gasteiger partial charge in [0.05, 0.1) is 12.4 Å². The topological polar surface area (TPSA) is 71.1 Å². The lowest BCUT2D eigenvalue weighted by Crippen LogP contribution is -2.41. The van der Waals surface area contributed by atoms with Crippen LogP contribution >= 0.6 is 0 Å². The number of fused-ring (bicyclic) bond motifs is 1. The van der Waals surface area contributed by atoms with Crippen molar-refractivity contribution in [2.45, 2.75) is 53.1 Å². The van der Waals surface area contributed by atoms with Gasteiger partial charge < -0.3 is 9.30 Å². The van der Waals surface area contributed by atoms with E-state index in [0.29, 0.717) is 24.3 Å². The maximum Gasteiger partial charge on any atom is 0.334 e. The van der Waals surface area contributed by atoms with Gasteiger partial charge in [0.2, 0.25) is 0 Å². The highest BCUT2D eigenvalue weighted by Crippen LogP contribution is 2.10. The minimum absolute atomic E-state index is 0.0266. The molecule has 1 atom stereocenters. The number of benzene rings is 1. The Morgan fingerprint density at radius 1 is 1.12 bits per heavy atom. The van der Waals surface area contributed by atoms with Crippen LogP contribution in [0.3, 0.4) is 0 Å². The number of aryl methyl sites for hydroxylation is 1. The smallest absolute Gasteiger partial charge is 0.334 e. The molecule has 0 spiro atoms. The summed E-state index contributed by atoms with van der Waals surface area (Å²) < 4.78 is 10.1. The summed E-state index contributed by atoms with van der Waals surface area (Å²) in [4.78, 5) is 30.0. The average molecular weight is 356 g/mol. The van der Waals surface area contributed by atoms with Gasteiger partial charge in [-0.3, -0.25) is 9.36 Å². The van der Waals surface area contributed by atoms with Crippen LogP contribution in [0, 0.1) is 0 Å². The van der Waals surface area contributed by atoms with E-state index in [4.69, 9.17) is 4.74 Å². The minimum Gasteiger partial charge on any atom is -0.358 e. The molecule has 0 N–H and O–H groups in total. The van der Waals surface area contributed by atoms with Crippen molar-refractivity contribution in [2.24, 2.45) is 0 Å². The highest BCUT2D eigenvalue weighted by atomic mass is 16.5. The third-order valence-electron chi connectivity index (χ3n) is 4.56. The third kappa shape index (κ3) is 3.35. The molecule has 138 valence electrons. The van der Waals surface area contributed by atoms with E-state index in [1.54, 1.807) is 10.9 Å². The zero-order valence-electron chi connectivity index (χ0n) is 15.4. The first-order valence-corrected chi connectivity index (χ1v) is 8.90. The lowest BCUT2D eigenvalue weighted by Gasteiger charge is -2.14. The van der Waals surface area contributed by atoms with Crippen molar-refractivity contribution in [1.82, 2.24) is 18.7 Å². The van der Waals surface area contributed by atoms with Crippen LogP contribution in [-0.2, 0) is 24.6 Å². The molecule has 2 aromatic heterocycles. The van der Waals surface area contributed by atoms with Crippen LogP contribution in [0.2, 0.25) is 0 Å². The van der Waals surface area contributed by atoms with Gasteiger partial charge in [0.15, 0.2) is 11.2 Å². The molecule has 0 bridgehead atoms. The monoisotopic (exact) mass is 356 g/mol. The molecule has 0 amide bonds. The van der Waals surface area contributed by atoms with Crippen LogP contribution in [0.1, 0.15) is 32.8 Å². The SMILES string of the molecule is CCC(C)OCn1c(=O)c2c(ncn2Cc2ccccc2)n(CC)c1=O. The highest BCUT2D eigenvalue weighted by molar-refractivity contribution is 5.70. The minimum atomic E-state index is -0.390. The fourth-order valence-corrected chi connectivity index (χ4v) is 2.86. The van der Waals surface area contributed by atoms with Crippen LogP contribution in [0.15, 0.2) is 46.2 Å². The first-order chi connectivity index (χ1) is 12.6. The summed E-state index contributed by atoms with van der Waals surface area (Å²) >= 11 is 0. The maximum atomic E-state index is 13.0. The molecule has 0 fully saturated rings. The van der Waals surface area contributed by atoms with Crippen molar-refractivity contribution < 1.29 is 4.74 Å². The van der Waals surface area contributed by atoms with Crippen LogP contribution in [0.25, 0.3) is 11.2 Å². The van der Waals surface area contributed by atoms with Crippen molar-refractivity contribution in [3.8, 4) is 0 Å². The zero-order valence-corrected chi connectivity index (χ0v) is 15.4. The Hall–Kier alpha value is -2.67. The summed E-state index contributed by atoms with van der Waals surface area (Å²) in [6.07, 6.45) is 2.40. The fraction of sp³-hybridized carbons (Fsp3) is 0.421. The van der Waals surface area contributed by atoms with E-state index in [0.717, 1.165) is 16.6 Å². The summed E-state index contributed by atoms with van der Waals surface area (Å²) in [5, 5.41) is 0. The molecule has 1 aromatic carbocycles. The summed E-state index contributed by atoms with van der Waals surface area (Å²) in [6.45, 7) is 6.67. The molecule has 26 heavy (non-hydrogen) atoms. The van der Waals surface area contributed by atoms with E-state index < -0.39 is 5.69 Å². The van der Waals surface area contributed by atoms with Gasteiger partial charge in [0, 0.05) is 13.1 Å². The molecule has 0 aliphatic heterocycles.